The number of amides is 1. The lowest BCUT2D eigenvalue weighted by atomic mass is 9.97. The molecule has 0 unspecified atom stereocenters. The molecule has 5 rings (SSSR count). The molecule has 9 nitrogen and oxygen atoms in total. The van der Waals surface area contributed by atoms with Crippen molar-refractivity contribution in [2.75, 3.05) is 19.3 Å². The zero-order valence-electron chi connectivity index (χ0n) is 20.2. The highest BCUT2D eigenvalue weighted by molar-refractivity contribution is 7.89. The summed E-state index contributed by atoms with van der Waals surface area (Å²) in [5, 5.41) is 15.6. The number of nitrogens with zero attached hydrogens (tertiary/aromatic N) is 3. The first kappa shape index (κ1) is 24.4. The number of hydrogen-bond donors (Lipinski definition) is 2. The summed E-state index contributed by atoms with van der Waals surface area (Å²) >= 11 is 0. The Balaban J connectivity index is 1.79. The molecule has 2 aromatic carbocycles. The molecule has 36 heavy (non-hydrogen) atoms. The Morgan fingerprint density at radius 2 is 1.89 bits per heavy atom. The quantitative estimate of drug-likeness (QED) is 0.399. The highest BCUT2D eigenvalue weighted by Gasteiger charge is 2.27. The maximum Gasteiger partial charge on any atom is 0.253 e. The second-order valence-corrected chi connectivity index (χ2v) is 11.2. The highest BCUT2D eigenvalue weighted by atomic mass is 32.2. The number of aromatic nitrogens is 2. The van der Waals surface area contributed by atoms with Gasteiger partial charge in [0.05, 0.1) is 23.0 Å². The van der Waals surface area contributed by atoms with Crippen molar-refractivity contribution in [1.82, 2.24) is 14.0 Å². The van der Waals surface area contributed by atoms with E-state index in [1.165, 1.54) is 6.07 Å². The number of piperidine rings is 1. The molecule has 3 N–H and O–H groups in total. The largest absolute Gasteiger partial charge is 0.374 e. The summed E-state index contributed by atoms with van der Waals surface area (Å²) in [5.74, 6) is 0.283. The normalized spacial score (nSPS) is 16.2. The van der Waals surface area contributed by atoms with E-state index in [9.17, 15) is 22.7 Å². The zero-order valence-corrected chi connectivity index (χ0v) is 21.0. The van der Waals surface area contributed by atoms with Gasteiger partial charge in [0.2, 0.25) is 10.0 Å². The lowest BCUT2D eigenvalue weighted by Gasteiger charge is -2.28. The SMILES string of the molecule is Cc1noc(C)c1-c1cc([C@H](N)O)c2c(c1)c1ccc(C(=O)N3CCC(F)CC3)cc1n2S(C)(=O)=O. The molecular formula is C25H27FN4O5S. The molecule has 0 spiro atoms. The molecule has 0 aliphatic carbocycles. The van der Waals surface area contributed by atoms with Crippen LogP contribution in [0.2, 0.25) is 0 Å². The fourth-order valence-electron chi connectivity index (χ4n) is 5.11. The molecule has 1 fully saturated rings. The number of nitrogens with two attached hydrogens (primary N) is 1. The summed E-state index contributed by atoms with van der Waals surface area (Å²) in [6, 6.07) is 8.30. The number of hydrogen-bond acceptors (Lipinski definition) is 7. The topological polar surface area (TPSA) is 132 Å². The fraction of sp³-hybridized carbons (Fsp3) is 0.360. The van der Waals surface area contributed by atoms with Crippen LogP contribution in [0.25, 0.3) is 32.9 Å². The fourth-order valence-corrected chi connectivity index (χ4v) is 6.16. The van der Waals surface area contributed by atoms with Gasteiger partial charge in [-0.3, -0.25) is 4.79 Å². The first-order chi connectivity index (χ1) is 17.0. The van der Waals surface area contributed by atoms with E-state index in [2.05, 4.69) is 5.16 Å². The molecule has 1 atom stereocenters. The van der Waals surface area contributed by atoms with E-state index >= 15 is 0 Å². The Kier molecular flexibility index (Phi) is 5.89. The van der Waals surface area contributed by atoms with Crippen molar-refractivity contribution in [3.8, 4) is 11.1 Å². The number of aliphatic hydroxyl groups is 1. The van der Waals surface area contributed by atoms with Gasteiger partial charge in [-0.25, -0.2) is 16.8 Å². The van der Waals surface area contributed by atoms with E-state index in [4.69, 9.17) is 10.3 Å². The number of likely N-dealkylation sites (tertiary alicyclic amines) is 1. The van der Waals surface area contributed by atoms with Crippen LogP contribution in [0, 0.1) is 13.8 Å². The van der Waals surface area contributed by atoms with Crippen LogP contribution in [-0.4, -0.2) is 59.0 Å². The Labute approximate surface area is 207 Å². The third-order valence-electron chi connectivity index (χ3n) is 6.78. The van der Waals surface area contributed by atoms with E-state index in [-0.39, 0.29) is 35.3 Å². The van der Waals surface area contributed by atoms with Crippen molar-refractivity contribution in [3.05, 3.63) is 52.9 Å². The molecule has 190 valence electrons. The number of alkyl halides is 1. The first-order valence-electron chi connectivity index (χ1n) is 11.6. The Bertz CT molecular complexity index is 1600. The number of aliphatic hydroxyl groups excluding tert-OH is 1. The van der Waals surface area contributed by atoms with Crippen molar-refractivity contribution in [1.29, 1.82) is 0 Å². The molecule has 1 saturated heterocycles. The van der Waals surface area contributed by atoms with Crippen molar-refractivity contribution in [3.63, 3.8) is 0 Å². The van der Waals surface area contributed by atoms with Crippen LogP contribution in [-0.2, 0) is 10.0 Å². The number of aryl methyl sites for hydroxylation is 2. The van der Waals surface area contributed by atoms with Gasteiger partial charge in [0.1, 0.15) is 18.2 Å². The molecule has 11 heteroatoms. The number of benzene rings is 2. The summed E-state index contributed by atoms with van der Waals surface area (Å²) < 4.78 is 46.0. The van der Waals surface area contributed by atoms with Crippen LogP contribution in [0.3, 0.4) is 0 Å². The monoisotopic (exact) mass is 514 g/mol. The van der Waals surface area contributed by atoms with E-state index in [1.54, 1.807) is 36.9 Å². The summed E-state index contributed by atoms with van der Waals surface area (Å²) in [5.41, 5.74) is 8.98. The predicted molar refractivity (Wildman–Crippen MR) is 134 cm³/mol. The minimum atomic E-state index is -3.88. The second-order valence-electron chi connectivity index (χ2n) is 9.33. The number of halogens is 1. The summed E-state index contributed by atoms with van der Waals surface area (Å²) in [6.07, 6.45) is -0.779. The Morgan fingerprint density at radius 3 is 2.47 bits per heavy atom. The second kappa shape index (κ2) is 8.68. The van der Waals surface area contributed by atoms with Gasteiger partial charge in [-0.15, -0.1) is 0 Å². The molecule has 4 aromatic rings. The lowest BCUT2D eigenvalue weighted by Crippen LogP contribution is -2.39. The first-order valence-corrected chi connectivity index (χ1v) is 13.4. The average Bonchev–Trinajstić information content (AvgIpc) is 3.34. The average molecular weight is 515 g/mol. The lowest BCUT2D eigenvalue weighted by molar-refractivity contribution is 0.0667. The van der Waals surface area contributed by atoms with Crippen LogP contribution in [0.1, 0.15) is 46.4 Å². The van der Waals surface area contributed by atoms with E-state index in [0.29, 0.717) is 46.4 Å². The Hall–Kier alpha value is -3.28. The van der Waals surface area contributed by atoms with Gasteiger partial charge in [0.15, 0.2) is 0 Å². The maximum absolute atomic E-state index is 13.6. The molecule has 1 aliphatic heterocycles. The minimum absolute atomic E-state index is 0.210. The molecular weight excluding hydrogens is 487 g/mol. The van der Waals surface area contributed by atoms with E-state index < -0.39 is 22.4 Å². The van der Waals surface area contributed by atoms with Crippen LogP contribution < -0.4 is 5.73 Å². The van der Waals surface area contributed by atoms with Crippen molar-refractivity contribution < 1.29 is 27.2 Å². The summed E-state index contributed by atoms with van der Waals surface area (Å²) in [7, 11) is -3.88. The van der Waals surface area contributed by atoms with Gasteiger partial charge < -0.3 is 20.3 Å². The highest BCUT2D eigenvalue weighted by Crippen LogP contribution is 2.39. The van der Waals surface area contributed by atoms with Gasteiger partial charge in [-0.1, -0.05) is 11.2 Å². The van der Waals surface area contributed by atoms with Gasteiger partial charge in [-0.05, 0) is 56.5 Å². The molecule has 0 radical (unpaired) electrons. The van der Waals surface area contributed by atoms with Gasteiger partial charge >= 0.3 is 0 Å². The molecule has 2 aromatic heterocycles. The van der Waals surface area contributed by atoms with E-state index in [0.717, 1.165) is 15.8 Å². The van der Waals surface area contributed by atoms with Gasteiger partial charge in [-0.2, -0.15) is 0 Å². The summed E-state index contributed by atoms with van der Waals surface area (Å²) in [6.45, 7) is 4.16. The van der Waals surface area contributed by atoms with Crippen molar-refractivity contribution >= 4 is 37.7 Å². The Morgan fingerprint density at radius 1 is 1.19 bits per heavy atom. The zero-order chi connectivity index (χ0) is 25.9. The molecule has 0 bridgehead atoms. The van der Waals surface area contributed by atoms with Gasteiger partial charge in [0.25, 0.3) is 5.91 Å². The van der Waals surface area contributed by atoms with Gasteiger partial charge in [0, 0.05) is 40.6 Å². The summed E-state index contributed by atoms with van der Waals surface area (Å²) in [4.78, 5) is 14.7. The van der Waals surface area contributed by atoms with E-state index in [1.807, 2.05) is 6.07 Å². The molecule has 3 heterocycles. The maximum atomic E-state index is 13.6. The standard InChI is InChI=1S/C25H27FN4O5S/c1-13-22(14(2)35-28-13)16-10-19-18-5-4-15(25(32)29-8-6-17(26)7-9-29)12-21(18)30(36(3,33)34)23(19)20(11-16)24(27)31/h4-5,10-12,17,24,31H,6-9,27H2,1-3H3/t24-/m1/s1. The van der Waals surface area contributed by atoms with Crippen LogP contribution in [0.5, 0.6) is 0 Å². The number of rotatable bonds is 4. The van der Waals surface area contributed by atoms with Crippen molar-refractivity contribution in [2.24, 2.45) is 5.73 Å². The van der Waals surface area contributed by atoms with Crippen LogP contribution in [0.4, 0.5) is 4.39 Å². The molecule has 1 amide bonds. The number of carbonyl (C=O) groups excluding carboxylic acids is 1. The molecule has 0 saturated carbocycles. The number of fused-ring (bicyclic) bond motifs is 3. The van der Waals surface area contributed by atoms with Crippen LogP contribution >= 0.6 is 0 Å². The van der Waals surface area contributed by atoms with Crippen molar-refractivity contribution in [2.45, 2.75) is 39.1 Å². The molecule has 1 aliphatic rings. The number of carbonyl (C=O) groups is 1. The predicted octanol–water partition coefficient (Wildman–Crippen LogP) is 3.40. The smallest absolute Gasteiger partial charge is 0.253 e. The third-order valence-corrected chi connectivity index (χ3v) is 7.82. The third kappa shape index (κ3) is 3.97. The van der Waals surface area contributed by atoms with Crippen LogP contribution in [0.15, 0.2) is 34.9 Å². The minimum Gasteiger partial charge on any atom is -0.374 e.